The fourth-order valence-electron chi connectivity index (χ4n) is 2.14. The van der Waals surface area contributed by atoms with E-state index in [2.05, 4.69) is 24.1 Å². The molecular weight excluding hydrogens is 156 g/mol. The fourth-order valence-corrected chi connectivity index (χ4v) is 2.14. The van der Waals surface area contributed by atoms with Gasteiger partial charge in [0.2, 0.25) is 0 Å². The van der Waals surface area contributed by atoms with E-state index in [1.54, 1.807) is 11.1 Å². The van der Waals surface area contributed by atoms with Gasteiger partial charge in [0.15, 0.2) is 0 Å². The summed E-state index contributed by atoms with van der Waals surface area (Å²) < 4.78 is 0. The lowest BCUT2D eigenvalue weighted by Crippen LogP contribution is -1.92. The van der Waals surface area contributed by atoms with E-state index in [0.29, 0.717) is 0 Å². The number of hydrogen-bond donors (Lipinski definition) is 0. The van der Waals surface area contributed by atoms with E-state index in [4.69, 9.17) is 6.42 Å². The van der Waals surface area contributed by atoms with Gasteiger partial charge in [-0.25, -0.2) is 0 Å². The van der Waals surface area contributed by atoms with Crippen molar-refractivity contribution in [1.29, 1.82) is 0 Å². The molecule has 0 atom stereocenters. The van der Waals surface area contributed by atoms with Gasteiger partial charge < -0.3 is 0 Å². The van der Waals surface area contributed by atoms with Crippen molar-refractivity contribution >= 4 is 0 Å². The molecule has 1 aromatic carbocycles. The second-order valence-corrected chi connectivity index (χ2v) is 3.61. The number of fused-ring (bicyclic) bond motifs is 1. The largest absolute Gasteiger partial charge is 0.120 e. The van der Waals surface area contributed by atoms with Crippen LogP contribution in [0, 0.1) is 12.3 Å². The second-order valence-electron chi connectivity index (χ2n) is 3.61. The average Bonchev–Trinajstić information content (AvgIpc) is 2.62. The molecule has 0 aromatic heterocycles. The molecule has 1 aliphatic rings. The van der Waals surface area contributed by atoms with Gasteiger partial charge in [0.05, 0.1) is 0 Å². The van der Waals surface area contributed by atoms with Crippen LogP contribution in [-0.4, -0.2) is 0 Å². The van der Waals surface area contributed by atoms with Gasteiger partial charge in [0.1, 0.15) is 0 Å². The van der Waals surface area contributed by atoms with Crippen molar-refractivity contribution in [2.45, 2.75) is 32.1 Å². The molecule has 1 aromatic rings. The lowest BCUT2D eigenvalue weighted by Gasteiger charge is -2.05. The van der Waals surface area contributed by atoms with Crippen molar-refractivity contribution < 1.29 is 0 Å². The topological polar surface area (TPSA) is 0 Å². The van der Waals surface area contributed by atoms with Gasteiger partial charge in [-0.2, -0.15) is 0 Å². The van der Waals surface area contributed by atoms with Crippen molar-refractivity contribution in [3.05, 3.63) is 34.9 Å². The molecule has 0 heteroatoms. The summed E-state index contributed by atoms with van der Waals surface area (Å²) in [5.41, 5.74) is 4.61. The van der Waals surface area contributed by atoms with Gasteiger partial charge in [0, 0.05) is 6.42 Å². The normalized spacial score (nSPS) is 13.8. The zero-order valence-corrected chi connectivity index (χ0v) is 7.84. The molecule has 13 heavy (non-hydrogen) atoms. The van der Waals surface area contributed by atoms with Gasteiger partial charge in [-0.3, -0.25) is 0 Å². The minimum Gasteiger partial charge on any atom is -0.120 e. The molecule has 0 saturated carbocycles. The molecule has 0 unspecified atom stereocenters. The Bertz CT molecular complexity index is 342. The van der Waals surface area contributed by atoms with Crippen molar-refractivity contribution in [2.75, 3.05) is 0 Å². The van der Waals surface area contributed by atoms with E-state index in [1.165, 1.54) is 24.8 Å². The lowest BCUT2D eigenvalue weighted by atomic mass is 10.00. The summed E-state index contributed by atoms with van der Waals surface area (Å²) >= 11 is 0. The summed E-state index contributed by atoms with van der Waals surface area (Å²) in [6.07, 6.45) is 11.0. The number of aryl methyl sites for hydroxylation is 2. The first-order valence-electron chi connectivity index (χ1n) is 4.95. The third-order valence-corrected chi connectivity index (χ3v) is 2.78. The molecule has 0 N–H and O–H groups in total. The van der Waals surface area contributed by atoms with Gasteiger partial charge >= 0.3 is 0 Å². The molecule has 2 rings (SSSR count). The Labute approximate surface area is 80.0 Å². The number of rotatable bonds is 2. The number of terminal acetylenes is 1. The highest BCUT2D eigenvalue weighted by molar-refractivity contribution is 5.38. The van der Waals surface area contributed by atoms with Gasteiger partial charge in [-0.05, 0) is 42.4 Å². The van der Waals surface area contributed by atoms with Crippen LogP contribution in [0.3, 0.4) is 0 Å². The molecule has 0 fully saturated rings. The number of benzene rings is 1. The summed E-state index contributed by atoms with van der Waals surface area (Å²) in [6.45, 7) is 0. The Morgan fingerprint density at radius 1 is 1.31 bits per heavy atom. The Balaban J connectivity index is 2.26. The van der Waals surface area contributed by atoms with Crippen LogP contribution in [0.4, 0.5) is 0 Å². The van der Waals surface area contributed by atoms with Gasteiger partial charge in [0.25, 0.3) is 0 Å². The van der Waals surface area contributed by atoms with E-state index >= 15 is 0 Å². The maximum Gasteiger partial charge on any atom is 0.0127 e. The standard InChI is InChI=1S/C13H14/c1-2-3-6-11-7-4-8-12-9-5-10-13(11)12/h1,4,7-8H,3,5-6,9-10H2. The van der Waals surface area contributed by atoms with Crippen LogP contribution in [0.15, 0.2) is 18.2 Å². The predicted molar refractivity (Wildman–Crippen MR) is 55.6 cm³/mol. The summed E-state index contributed by atoms with van der Waals surface area (Å²) in [5.74, 6) is 2.71. The van der Waals surface area contributed by atoms with Crippen LogP contribution in [0.1, 0.15) is 29.5 Å². The van der Waals surface area contributed by atoms with E-state index in [1.807, 2.05) is 0 Å². The minimum absolute atomic E-state index is 0.871. The zero-order valence-electron chi connectivity index (χ0n) is 7.84. The van der Waals surface area contributed by atoms with E-state index in [9.17, 15) is 0 Å². The smallest absolute Gasteiger partial charge is 0.0127 e. The molecule has 0 nitrogen and oxygen atoms in total. The van der Waals surface area contributed by atoms with Crippen LogP contribution in [0.5, 0.6) is 0 Å². The monoisotopic (exact) mass is 170 g/mol. The average molecular weight is 170 g/mol. The van der Waals surface area contributed by atoms with E-state index < -0.39 is 0 Å². The molecule has 0 spiro atoms. The first kappa shape index (κ1) is 8.38. The predicted octanol–water partition coefficient (Wildman–Crippen LogP) is 2.74. The highest BCUT2D eigenvalue weighted by atomic mass is 14.2. The third kappa shape index (κ3) is 1.60. The molecule has 0 bridgehead atoms. The molecule has 66 valence electrons. The summed E-state index contributed by atoms with van der Waals surface area (Å²) in [5, 5.41) is 0. The molecule has 0 radical (unpaired) electrons. The zero-order chi connectivity index (χ0) is 9.10. The molecule has 1 aliphatic carbocycles. The molecule has 0 aliphatic heterocycles. The first-order chi connectivity index (χ1) is 6.42. The molecule has 0 amide bonds. The number of hydrogen-bond acceptors (Lipinski definition) is 0. The highest BCUT2D eigenvalue weighted by Crippen LogP contribution is 2.25. The summed E-state index contributed by atoms with van der Waals surface area (Å²) in [4.78, 5) is 0. The Morgan fingerprint density at radius 2 is 2.23 bits per heavy atom. The van der Waals surface area contributed by atoms with Gasteiger partial charge in [-0.1, -0.05) is 18.2 Å². The second kappa shape index (κ2) is 3.66. The fraction of sp³-hybridized carbons (Fsp3) is 0.385. The first-order valence-corrected chi connectivity index (χ1v) is 4.95. The third-order valence-electron chi connectivity index (χ3n) is 2.78. The van der Waals surface area contributed by atoms with Crippen LogP contribution in [0.2, 0.25) is 0 Å². The minimum atomic E-state index is 0.871. The van der Waals surface area contributed by atoms with E-state index in [0.717, 1.165) is 12.8 Å². The maximum absolute atomic E-state index is 5.27. The summed E-state index contributed by atoms with van der Waals surface area (Å²) in [7, 11) is 0. The van der Waals surface area contributed by atoms with Gasteiger partial charge in [-0.15, -0.1) is 12.3 Å². The molecule has 0 saturated heterocycles. The summed E-state index contributed by atoms with van der Waals surface area (Å²) in [6, 6.07) is 6.64. The van der Waals surface area contributed by atoms with Crippen LogP contribution in [-0.2, 0) is 19.3 Å². The Kier molecular flexibility index (Phi) is 2.36. The van der Waals surface area contributed by atoms with Crippen molar-refractivity contribution in [3.63, 3.8) is 0 Å². The van der Waals surface area contributed by atoms with Crippen molar-refractivity contribution in [1.82, 2.24) is 0 Å². The van der Waals surface area contributed by atoms with Crippen LogP contribution >= 0.6 is 0 Å². The SMILES string of the molecule is C#CCCc1cccc2c1CCC2. The highest BCUT2D eigenvalue weighted by Gasteiger charge is 2.13. The van der Waals surface area contributed by atoms with Crippen molar-refractivity contribution in [3.8, 4) is 12.3 Å². The van der Waals surface area contributed by atoms with E-state index in [-0.39, 0.29) is 0 Å². The van der Waals surface area contributed by atoms with Crippen molar-refractivity contribution in [2.24, 2.45) is 0 Å². The quantitative estimate of drug-likeness (QED) is 0.599. The Hall–Kier alpha value is -1.22. The molecule has 0 heterocycles. The Morgan fingerprint density at radius 3 is 3.08 bits per heavy atom. The maximum atomic E-state index is 5.27. The molecular formula is C13H14. The van der Waals surface area contributed by atoms with Crippen LogP contribution < -0.4 is 0 Å². The lowest BCUT2D eigenvalue weighted by molar-refractivity contribution is 0.901. The van der Waals surface area contributed by atoms with Crippen LogP contribution in [0.25, 0.3) is 0 Å².